The molecule has 0 saturated carbocycles. The Morgan fingerprint density at radius 3 is 0.801 bits per heavy atom. The van der Waals surface area contributed by atoms with Crippen molar-refractivity contribution in [1.29, 1.82) is 0 Å². The highest BCUT2D eigenvalue weighted by Gasteiger charge is 2.54. The fraction of sp³-hybridized carbons (Fsp3) is 0.594. The van der Waals surface area contributed by atoms with Gasteiger partial charge in [0.25, 0.3) is 22.2 Å². The Morgan fingerprint density at radius 2 is 0.567 bits per heavy atom. The van der Waals surface area contributed by atoms with Gasteiger partial charge >= 0.3 is 93.6 Å². The average Bonchev–Trinajstić information content (AvgIpc) is 1.66. The van der Waals surface area contributed by atoms with E-state index in [0.717, 1.165) is 75.2 Å². The summed E-state index contributed by atoms with van der Waals surface area (Å²) in [6.45, 7) is -7.41. The van der Waals surface area contributed by atoms with Crippen molar-refractivity contribution in [2.24, 2.45) is 5.73 Å². The number of nitrogens with zero attached hydrogens (tertiary/aromatic N) is 10. The Morgan fingerprint density at radius 1 is 0.348 bits per heavy atom. The molecule has 7 fully saturated rings. The van der Waals surface area contributed by atoms with Gasteiger partial charge < -0.3 is 95.5 Å². The molecule has 7 aromatic heterocycles. The molecule has 14 rings (SSSR count). The first-order valence-electron chi connectivity index (χ1n) is 42.0. The molecule has 14 heterocycles. The summed E-state index contributed by atoms with van der Waals surface area (Å²) in [4.78, 5) is 239. The molecular weight excluding hydrogens is 2070 g/mol. The number of hydrogen-bond acceptors (Lipinski definition) is 47. The molecule has 0 radical (unpaired) electrons. The third-order valence-corrected chi connectivity index (χ3v) is 31.8. The minimum absolute atomic E-state index is 0.0192. The zero-order valence-electron chi connectivity index (χ0n) is 73.6. The van der Waals surface area contributed by atoms with E-state index >= 15 is 4.57 Å². The molecule has 0 aromatic carbocycles. The predicted octanol–water partition coefficient (Wildman–Crippen LogP) is -2.87. The first-order valence-corrected chi connectivity index (χ1v) is 54.1. The van der Waals surface area contributed by atoms with Crippen LogP contribution in [0.15, 0.2) is 114 Å². The molecule has 5 unspecified atom stereocenters. The molecule has 0 spiro atoms. The van der Waals surface area contributed by atoms with Crippen molar-refractivity contribution in [3.05, 3.63) is 199 Å². The van der Waals surface area contributed by atoms with Gasteiger partial charge in [-0.15, -0.1) is 0 Å². The van der Waals surface area contributed by atoms with Crippen LogP contribution in [0, 0.1) is 27.7 Å². The number of nitrogen functional groups attached to an aromatic ring is 3. The number of H-pyrrole nitrogens is 4. The summed E-state index contributed by atoms with van der Waals surface area (Å²) in [5, 5.41) is 10.1. The number of aryl methyl sites for hydroxylation is 4. The van der Waals surface area contributed by atoms with Gasteiger partial charge in [-0.2, -0.15) is 15.0 Å². The number of anilines is 3. The second kappa shape index (κ2) is 44.1. The zero-order valence-corrected chi connectivity index (χ0v) is 80.7. The first kappa shape index (κ1) is 108. The summed E-state index contributed by atoms with van der Waals surface area (Å²) >= 11 is 0.456. The topological polar surface area (TPSA) is 894 Å². The third-order valence-electron chi connectivity index (χ3n) is 22.4. The second-order valence-corrected chi connectivity index (χ2v) is 44.8. The van der Waals surface area contributed by atoms with Crippen LogP contribution in [0.1, 0.15) is 111 Å². The summed E-state index contributed by atoms with van der Waals surface area (Å²) in [6.07, 6.45) is -31.2. The summed E-state index contributed by atoms with van der Waals surface area (Å²) in [5.74, 6) is -0.883. The normalized spacial score (nSPS) is 29.6. The molecule has 7 aromatic rings. The number of aromatic nitrogens is 14. The van der Waals surface area contributed by atoms with Gasteiger partial charge in [-0.05, 0) is 57.3 Å². The van der Waals surface area contributed by atoms with Crippen LogP contribution in [-0.4, -0.2) is 250 Å². The fourth-order valence-electron chi connectivity index (χ4n) is 15.7. The van der Waals surface area contributed by atoms with E-state index in [1.807, 2.05) is 9.97 Å². The number of aliphatic hydroxyl groups is 1. The van der Waals surface area contributed by atoms with Gasteiger partial charge in [0.05, 0.1) is 46.2 Å². The average molecular weight is 2160 g/mol. The van der Waals surface area contributed by atoms with E-state index in [4.69, 9.17) is 115 Å². The quantitative estimate of drug-likeness (QED) is 0.0171. The van der Waals surface area contributed by atoms with Crippen LogP contribution < -0.4 is 85.0 Å². The predicted molar refractivity (Wildman–Crippen MR) is 470 cm³/mol. The van der Waals surface area contributed by atoms with Gasteiger partial charge in [-0.1, -0.05) is 0 Å². The molecule has 7 aliphatic heterocycles. The van der Waals surface area contributed by atoms with Crippen molar-refractivity contribution < 1.29 is 163 Å². The Bertz CT molecular complexity index is 6870. The number of ether oxygens (including phenoxy) is 7. The number of hydrogen-bond donors (Lipinski definition) is 16. The standard InChI is InChI=1S/C69H95N18O46P7S/c1-31-20-84(66(96)77-59(31)89)55-14-36(127-134(100,101)102)48(126-55)30-119-140(113,141-12-8-70)133-41-19-58(87-23-34(4)62(92)80-69(87)99)125-47(41)29-118-139(111,112)132-40-18-57(86-22-33(3)61(91)79-68(86)98)124-46(40)28-117-138(109,110)131-39-17-56(85-21-32(2)60(90)78-67(85)97)123-45(39)27-116-137(107,108)130-38-16-54(83-11-7-51(73)76-65(83)95)122-44(38)26-115-136(105,106)129-37-15-53(82-10-6-50(72)75-64(82)94)121-43(37)25-114-135(103,104)128-35-13-52(120-42(35)24-88)81-9-5-49(71)74-63(81)93/h5-7,9-11,20-23,35-48,52-58,88H,8,12-19,24-30,70H2,1-4H3,(H,103,104)(H,105,106)(H,107,108)(H,109,110)(H,111,112)(H2,71,74,93)(H2,72,75,94)(H2,73,76,95)(H,77,89,96)(H,78,90,97)(H,79,91,98)(H,80,92,99)(H2,100,101,102)/t35-,36-,37-,38-,39-,40-,41-,42+,43+,44+,45+,46+,47+,48+,52+,53+,54+,55+,56+,57+,58+,140+/m0/s1. The summed E-state index contributed by atoms with van der Waals surface area (Å²) in [6, 6.07) is 3.57. The molecule has 64 nitrogen and oxygen atoms in total. The van der Waals surface area contributed by atoms with Crippen LogP contribution in [0.25, 0.3) is 0 Å². The Balaban J connectivity index is 0.666. The Kier molecular flexibility index (Phi) is 33.9. The lowest BCUT2D eigenvalue weighted by atomic mass is 10.2. The largest absolute Gasteiger partial charge is 0.472 e. The number of nitrogens with one attached hydrogen (secondary N) is 4. The lowest BCUT2D eigenvalue weighted by Crippen LogP contribution is -2.33. The molecule has 778 valence electrons. The van der Waals surface area contributed by atoms with Crippen molar-refractivity contribution in [1.82, 2.24) is 66.9 Å². The molecule has 27 atom stereocenters. The Hall–Kier alpha value is -8.44. The van der Waals surface area contributed by atoms with E-state index in [0.29, 0.717) is 11.4 Å². The summed E-state index contributed by atoms with van der Waals surface area (Å²) < 4.78 is 218. The maximum absolute atomic E-state index is 15.1. The molecule has 0 bridgehead atoms. The van der Waals surface area contributed by atoms with E-state index in [-0.39, 0.29) is 58.4 Å². The van der Waals surface area contributed by atoms with Crippen molar-refractivity contribution in [3.8, 4) is 0 Å². The van der Waals surface area contributed by atoms with Crippen LogP contribution in [-0.2, 0) is 124 Å². The van der Waals surface area contributed by atoms with E-state index in [1.165, 1.54) is 46.0 Å². The van der Waals surface area contributed by atoms with Gasteiger partial charge in [-0.25, -0.2) is 65.5 Å². The molecule has 0 aliphatic carbocycles. The van der Waals surface area contributed by atoms with Crippen molar-refractivity contribution in [3.63, 3.8) is 0 Å². The minimum Gasteiger partial charge on any atom is -0.394 e. The van der Waals surface area contributed by atoms with Crippen molar-refractivity contribution in [2.45, 2.75) is 202 Å². The molecular formula is C69H95N18O46P7S. The van der Waals surface area contributed by atoms with Gasteiger partial charge in [0.15, 0.2) is 0 Å². The van der Waals surface area contributed by atoms with Crippen molar-refractivity contribution in [2.75, 3.05) is 75.7 Å². The second-order valence-electron chi connectivity index (χ2n) is 32.5. The summed E-state index contributed by atoms with van der Waals surface area (Å²) in [5.41, 5.74) is 12.0. The third kappa shape index (κ3) is 27.3. The smallest absolute Gasteiger partial charge is 0.394 e. The van der Waals surface area contributed by atoms with Crippen LogP contribution >= 0.6 is 65.1 Å². The number of aliphatic hydroxyl groups excluding tert-OH is 1. The molecule has 72 heteroatoms. The van der Waals surface area contributed by atoms with Crippen LogP contribution in [0.5, 0.6) is 0 Å². The van der Waals surface area contributed by atoms with E-state index in [2.05, 4.69) is 24.9 Å². The lowest BCUT2D eigenvalue weighted by molar-refractivity contribution is -0.0657. The monoisotopic (exact) mass is 2160 g/mol. The molecule has 7 saturated heterocycles. The highest BCUT2D eigenvalue weighted by molar-refractivity contribution is 8.55. The minimum atomic E-state index is -5.79. The van der Waals surface area contributed by atoms with Crippen LogP contribution in [0.3, 0.4) is 0 Å². The van der Waals surface area contributed by atoms with E-state index < -0.39 is 330 Å². The van der Waals surface area contributed by atoms with E-state index in [1.54, 1.807) is 0 Å². The van der Waals surface area contributed by atoms with Gasteiger partial charge in [0.1, 0.15) is 147 Å². The molecule has 7 aliphatic rings. The maximum atomic E-state index is 15.1. The van der Waals surface area contributed by atoms with Crippen LogP contribution in [0.2, 0.25) is 0 Å². The lowest BCUT2D eigenvalue weighted by Gasteiger charge is -2.27. The zero-order chi connectivity index (χ0) is 102. The Labute approximate surface area is 791 Å². The van der Waals surface area contributed by atoms with Gasteiger partial charge in [0.2, 0.25) is 0 Å². The number of phosphoric ester groups is 6. The fourth-order valence-corrected chi connectivity index (χ4v) is 24.4. The van der Waals surface area contributed by atoms with Crippen LogP contribution in [0.4, 0.5) is 17.5 Å². The number of phosphoric acid groups is 6. The first-order chi connectivity index (χ1) is 66.2. The SMILES string of the molecule is Cc1cn([C@H]2C[C@H](OP(=O)(O)O)[C@@H](CO[P@](=O)(O[C@H]3C[C@H](n4cc(C)c(=O)[nH]c4=O)O[C@@H]3COP(=O)(O)O[C@H]3C[C@H](n4cc(C)c(=O)[nH]c4=O)O[C@@H]3COP(=O)(O)O[C@H]3C[C@H](n4cc(C)c(=O)[nH]c4=O)O[C@@H]3COP(=O)(O)O[C@H]3C[C@H](n4ccc(N)nc4=O)O[C@@H]3COP(=O)(O)O[C@H]3C[C@H](n4ccc(N)nc4=O)O[C@@H]3COP(=O)(O)O[C@H]3C[C@H](n4ccc(N)nc4=O)O[C@@H]3CO)SCCN)O2)c(=O)[nH]c1=O. The highest BCUT2D eigenvalue weighted by atomic mass is 32.7. The number of nitrogens with two attached hydrogens (primary N) is 4. The number of rotatable bonds is 43. The molecule has 0 amide bonds. The molecule has 141 heavy (non-hydrogen) atoms. The van der Waals surface area contributed by atoms with E-state index in [9.17, 15) is 119 Å². The highest BCUT2D eigenvalue weighted by Crippen LogP contribution is 2.64. The van der Waals surface area contributed by atoms with Crippen molar-refractivity contribution >= 4 is 82.6 Å². The number of aromatic amines is 4. The summed E-state index contributed by atoms with van der Waals surface area (Å²) in [7, 11) is -33.6. The maximum Gasteiger partial charge on any atom is 0.472 e. The van der Waals surface area contributed by atoms with Gasteiger partial charge in [0, 0.05) is 123 Å². The molecule has 20 N–H and O–H groups in total. The van der Waals surface area contributed by atoms with Gasteiger partial charge in [-0.3, -0.25) is 130 Å².